The summed E-state index contributed by atoms with van der Waals surface area (Å²) >= 11 is 0. The summed E-state index contributed by atoms with van der Waals surface area (Å²) in [5.41, 5.74) is 1.86. The molecule has 55 heavy (non-hydrogen) atoms. The molecule has 0 spiro atoms. The highest BCUT2D eigenvalue weighted by molar-refractivity contribution is 6.21. The van der Waals surface area contributed by atoms with E-state index in [4.69, 9.17) is 23.7 Å². The second-order valence-corrected chi connectivity index (χ2v) is 14.1. The van der Waals surface area contributed by atoms with Gasteiger partial charge in [-0.25, -0.2) is 14.1 Å². The van der Waals surface area contributed by atoms with E-state index in [1.165, 1.54) is 44.6 Å². The van der Waals surface area contributed by atoms with Gasteiger partial charge in [0.2, 0.25) is 0 Å². The average molecular weight is 758 g/mol. The van der Waals surface area contributed by atoms with E-state index < -0.39 is 35.6 Å². The van der Waals surface area contributed by atoms with Crippen molar-refractivity contribution in [3.05, 3.63) is 89.1 Å². The molecule has 0 fully saturated rings. The van der Waals surface area contributed by atoms with E-state index in [2.05, 4.69) is 15.3 Å². The van der Waals surface area contributed by atoms with Crippen LogP contribution in [-0.4, -0.2) is 96.5 Å². The molecule has 2 N–H and O–H groups in total. The Kier molecular flexibility index (Phi) is 11.5. The van der Waals surface area contributed by atoms with Crippen molar-refractivity contribution in [2.45, 2.75) is 57.8 Å². The van der Waals surface area contributed by atoms with Gasteiger partial charge in [-0.3, -0.25) is 24.3 Å². The van der Waals surface area contributed by atoms with Crippen LogP contribution in [-0.2, 0) is 14.2 Å². The lowest BCUT2D eigenvalue weighted by atomic mass is 9.91. The second kappa shape index (κ2) is 16.3. The van der Waals surface area contributed by atoms with E-state index in [0.717, 1.165) is 4.90 Å². The fourth-order valence-electron chi connectivity index (χ4n) is 6.78. The average Bonchev–Trinajstić information content (AvgIpc) is 3.65. The van der Waals surface area contributed by atoms with Gasteiger partial charge >= 0.3 is 6.09 Å². The molecule has 0 bridgehead atoms. The molecule has 0 radical (unpaired) electrons. The zero-order valence-corrected chi connectivity index (χ0v) is 31.6. The summed E-state index contributed by atoms with van der Waals surface area (Å²) in [5, 5.41) is 3.23. The van der Waals surface area contributed by atoms with Gasteiger partial charge in [0, 0.05) is 50.7 Å². The van der Waals surface area contributed by atoms with Crippen molar-refractivity contribution in [1.82, 2.24) is 19.8 Å². The van der Waals surface area contributed by atoms with Gasteiger partial charge in [0.25, 0.3) is 17.7 Å². The predicted octanol–water partition coefficient (Wildman–Crippen LogP) is 6.91. The molecule has 0 aliphatic carbocycles. The molecule has 0 saturated carbocycles. The highest BCUT2D eigenvalue weighted by Crippen LogP contribution is 2.46. The maximum Gasteiger partial charge on any atom is 0.417 e. The molecule has 1 unspecified atom stereocenters. The first kappa shape index (κ1) is 38.9. The van der Waals surface area contributed by atoms with Gasteiger partial charge in [-0.2, -0.15) is 0 Å². The largest absolute Gasteiger partial charge is 0.492 e. The summed E-state index contributed by atoms with van der Waals surface area (Å²) < 4.78 is 43.2. The molecule has 0 saturated heterocycles. The molecule has 2 aromatic carbocycles. The van der Waals surface area contributed by atoms with Gasteiger partial charge < -0.3 is 34.0 Å². The maximum atomic E-state index is 15.0. The normalized spacial score (nSPS) is 15.3. The Morgan fingerprint density at radius 3 is 2.35 bits per heavy atom. The first-order chi connectivity index (χ1) is 26.4. The Hall–Kier alpha value is -5.80. The molecular formula is C40H44FN5O9. The number of imide groups is 2. The minimum absolute atomic E-state index is 0.00108. The summed E-state index contributed by atoms with van der Waals surface area (Å²) in [6.07, 6.45) is 2.90. The molecule has 4 heterocycles. The number of para-hydroxylation sites is 1. The van der Waals surface area contributed by atoms with Crippen LogP contribution in [0.15, 0.2) is 60.9 Å². The first-order valence-electron chi connectivity index (χ1n) is 17.8. The predicted molar refractivity (Wildman–Crippen MR) is 199 cm³/mol. The van der Waals surface area contributed by atoms with Crippen LogP contribution in [0.2, 0.25) is 0 Å². The Bertz CT molecular complexity index is 2060. The second-order valence-electron chi connectivity index (χ2n) is 14.1. The number of fused-ring (bicyclic) bond motifs is 2. The number of carbonyl (C=O) groups is 4. The molecule has 2 aromatic heterocycles. The van der Waals surface area contributed by atoms with Gasteiger partial charge in [-0.05, 0) is 70.4 Å². The van der Waals surface area contributed by atoms with Crippen LogP contribution in [0.5, 0.6) is 11.5 Å². The number of halogens is 1. The van der Waals surface area contributed by atoms with Gasteiger partial charge in [0.1, 0.15) is 11.4 Å². The van der Waals surface area contributed by atoms with Gasteiger partial charge in [-0.1, -0.05) is 18.2 Å². The van der Waals surface area contributed by atoms with Crippen molar-refractivity contribution in [2.75, 3.05) is 46.3 Å². The zero-order valence-electron chi connectivity index (χ0n) is 31.6. The maximum absolute atomic E-state index is 15.0. The number of hydrogen-bond acceptors (Lipinski definition) is 11. The third-order valence-electron chi connectivity index (χ3n) is 9.34. The van der Waals surface area contributed by atoms with Crippen LogP contribution in [0.3, 0.4) is 0 Å². The number of benzene rings is 2. The van der Waals surface area contributed by atoms with Crippen molar-refractivity contribution in [2.24, 2.45) is 0 Å². The van der Waals surface area contributed by atoms with Crippen LogP contribution in [0.4, 0.5) is 20.6 Å². The van der Waals surface area contributed by atoms with E-state index in [1.807, 2.05) is 0 Å². The van der Waals surface area contributed by atoms with Crippen molar-refractivity contribution >= 4 is 35.2 Å². The van der Waals surface area contributed by atoms with Crippen LogP contribution in [0, 0.1) is 5.82 Å². The monoisotopic (exact) mass is 757 g/mol. The van der Waals surface area contributed by atoms with Gasteiger partial charge in [0.05, 0.1) is 53.7 Å². The number of pyridine rings is 1. The van der Waals surface area contributed by atoms with Gasteiger partial charge in [-0.15, -0.1) is 0 Å². The highest BCUT2D eigenvalue weighted by Gasteiger charge is 2.42. The van der Waals surface area contributed by atoms with Gasteiger partial charge in [0.15, 0.2) is 17.9 Å². The molecule has 6 rings (SSSR count). The standard InChI is InChI=1S/C40H44FN5O9/c1-40(2,3)55-39(50)46-22-23(15-16-30(51-4)52-5)32-31(38(46)49)34(43-28-14-9-13-27(41)35(28)53-6)33(44-32)26-17-18-42-21-29(26)54-20-10-19-45-36(47)24-11-7-8-12-25(24)37(45)48/h7-9,11-14,17-18,21,23,30,43-44H,10,15-16,19-20,22H2,1-6H3. The third kappa shape index (κ3) is 8.03. The number of anilines is 2. The molecule has 1 atom stereocenters. The van der Waals surface area contributed by atoms with E-state index in [1.54, 1.807) is 63.4 Å². The summed E-state index contributed by atoms with van der Waals surface area (Å²) in [4.78, 5) is 63.9. The number of amides is 4. The SMILES string of the molecule is COc1c(F)cccc1Nc1c(-c2ccncc2OCCCN2C(=O)c3ccccc3C2=O)[nH]c2c1C(=O)N(C(=O)OC(C)(C)C)CC2CCC(OC)OC. The van der Waals surface area contributed by atoms with Crippen LogP contribution >= 0.6 is 0 Å². The topological polar surface area (TPSA) is 162 Å². The minimum Gasteiger partial charge on any atom is -0.492 e. The molecule has 15 heteroatoms. The lowest BCUT2D eigenvalue weighted by Gasteiger charge is -2.33. The number of hydrogen-bond donors (Lipinski definition) is 2. The van der Waals surface area contributed by atoms with E-state index in [-0.39, 0.29) is 54.2 Å². The smallest absolute Gasteiger partial charge is 0.417 e. The summed E-state index contributed by atoms with van der Waals surface area (Å²) in [6, 6.07) is 12.7. The van der Waals surface area contributed by atoms with E-state index in [9.17, 15) is 19.2 Å². The van der Waals surface area contributed by atoms with E-state index >= 15 is 4.39 Å². The van der Waals surface area contributed by atoms with Crippen LogP contribution < -0.4 is 14.8 Å². The quantitative estimate of drug-likeness (QED) is 0.0782. The zero-order chi connectivity index (χ0) is 39.4. The van der Waals surface area contributed by atoms with Crippen molar-refractivity contribution < 1.29 is 47.3 Å². The molecule has 2 aliphatic rings. The Balaban J connectivity index is 1.38. The number of carbonyl (C=O) groups excluding carboxylic acids is 4. The Morgan fingerprint density at radius 2 is 1.69 bits per heavy atom. The number of methoxy groups -OCH3 is 3. The Morgan fingerprint density at radius 1 is 0.982 bits per heavy atom. The van der Waals surface area contributed by atoms with Crippen molar-refractivity contribution in [1.29, 1.82) is 0 Å². The number of aromatic nitrogens is 2. The van der Waals surface area contributed by atoms with Crippen molar-refractivity contribution in [3.63, 3.8) is 0 Å². The minimum atomic E-state index is -0.883. The fraction of sp³-hybridized carbons (Fsp3) is 0.375. The number of nitrogens with one attached hydrogen (secondary N) is 2. The number of rotatable bonds is 14. The third-order valence-corrected chi connectivity index (χ3v) is 9.34. The number of ether oxygens (including phenoxy) is 5. The molecule has 290 valence electrons. The highest BCUT2D eigenvalue weighted by atomic mass is 19.1. The molecule has 4 amide bonds. The molecule has 14 nitrogen and oxygen atoms in total. The fourth-order valence-corrected chi connectivity index (χ4v) is 6.78. The molecule has 4 aromatic rings. The first-order valence-corrected chi connectivity index (χ1v) is 17.8. The summed E-state index contributed by atoms with van der Waals surface area (Å²) in [6.45, 7) is 5.38. The van der Waals surface area contributed by atoms with E-state index in [0.29, 0.717) is 53.1 Å². The lowest BCUT2D eigenvalue weighted by molar-refractivity contribution is -0.107. The van der Waals surface area contributed by atoms with Crippen molar-refractivity contribution in [3.8, 4) is 22.8 Å². The summed E-state index contributed by atoms with van der Waals surface area (Å²) in [5.74, 6) is -2.17. The Labute approximate surface area is 317 Å². The van der Waals surface area contributed by atoms with Crippen LogP contribution in [0.1, 0.15) is 82.7 Å². The molecular weight excluding hydrogens is 713 g/mol. The number of H-pyrrole nitrogens is 1. The summed E-state index contributed by atoms with van der Waals surface area (Å²) in [7, 11) is 4.40. The molecule has 2 aliphatic heterocycles. The number of nitrogens with zero attached hydrogens (tertiary/aromatic N) is 3. The van der Waals surface area contributed by atoms with Crippen LogP contribution in [0.25, 0.3) is 11.3 Å². The number of aromatic amines is 1. The lowest BCUT2D eigenvalue weighted by Crippen LogP contribution is -2.46.